The maximum Gasteiger partial charge on any atom is 0.240 e. The SMILES string of the molecule is CCn1c(S[C@@H](C)C(=O)N(C)c2ccccc2)nnc1-c1ccncc1. The third-order valence-electron chi connectivity index (χ3n) is 4.08. The van der Waals surface area contributed by atoms with E-state index in [0.717, 1.165) is 28.8 Å². The van der Waals surface area contributed by atoms with E-state index in [1.54, 1.807) is 24.3 Å². The first-order valence-corrected chi connectivity index (χ1v) is 9.32. The minimum atomic E-state index is -0.278. The second-order valence-electron chi connectivity index (χ2n) is 5.78. The van der Waals surface area contributed by atoms with Crippen LogP contribution in [0.2, 0.25) is 0 Å². The zero-order valence-corrected chi connectivity index (χ0v) is 15.8. The second-order valence-corrected chi connectivity index (χ2v) is 7.09. The van der Waals surface area contributed by atoms with Crippen LogP contribution in [-0.2, 0) is 11.3 Å². The summed E-state index contributed by atoms with van der Waals surface area (Å²) in [6.07, 6.45) is 3.47. The summed E-state index contributed by atoms with van der Waals surface area (Å²) in [5, 5.41) is 9.07. The number of aromatic nitrogens is 4. The number of thioether (sulfide) groups is 1. The summed E-state index contributed by atoms with van der Waals surface area (Å²) in [7, 11) is 1.79. The van der Waals surface area contributed by atoms with Crippen LogP contribution in [0.4, 0.5) is 5.69 Å². The fraction of sp³-hybridized carbons (Fsp3) is 0.263. The van der Waals surface area contributed by atoms with Gasteiger partial charge in [0, 0.05) is 37.2 Å². The highest BCUT2D eigenvalue weighted by Gasteiger charge is 2.23. The molecule has 0 bridgehead atoms. The highest BCUT2D eigenvalue weighted by molar-refractivity contribution is 8.00. The average molecular weight is 367 g/mol. The van der Waals surface area contributed by atoms with Gasteiger partial charge < -0.3 is 9.47 Å². The average Bonchev–Trinajstić information content (AvgIpc) is 3.10. The van der Waals surface area contributed by atoms with Gasteiger partial charge in [0.1, 0.15) is 0 Å². The summed E-state index contributed by atoms with van der Waals surface area (Å²) in [5.74, 6) is 0.811. The summed E-state index contributed by atoms with van der Waals surface area (Å²) in [4.78, 5) is 18.5. The molecule has 0 aliphatic carbocycles. The quantitative estimate of drug-likeness (QED) is 0.624. The number of benzene rings is 1. The first kappa shape index (κ1) is 18.1. The fourth-order valence-electron chi connectivity index (χ4n) is 2.64. The molecule has 3 aromatic rings. The number of nitrogens with zero attached hydrogens (tertiary/aromatic N) is 5. The van der Waals surface area contributed by atoms with E-state index in [4.69, 9.17) is 0 Å². The van der Waals surface area contributed by atoms with Crippen LogP contribution in [-0.4, -0.2) is 38.0 Å². The summed E-state index contributed by atoms with van der Waals surface area (Å²) >= 11 is 1.42. The Labute approximate surface area is 157 Å². The number of carbonyl (C=O) groups is 1. The Hall–Kier alpha value is -2.67. The Morgan fingerprint density at radius 2 is 1.85 bits per heavy atom. The molecule has 1 aromatic carbocycles. The van der Waals surface area contributed by atoms with Crippen molar-refractivity contribution in [3.05, 3.63) is 54.9 Å². The van der Waals surface area contributed by atoms with Gasteiger partial charge in [-0.25, -0.2) is 0 Å². The van der Waals surface area contributed by atoms with Gasteiger partial charge in [0.05, 0.1) is 5.25 Å². The van der Waals surface area contributed by atoms with E-state index >= 15 is 0 Å². The first-order chi connectivity index (χ1) is 12.6. The molecular weight excluding hydrogens is 346 g/mol. The van der Waals surface area contributed by atoms with Gasteiger partial charge in [-0.2, -0.15) is 0 Å². The summed E-state index contributed by atoms with van der Waals surface area (Å²) in [5.41, 5.74) is 1.83. The predicted molar refractivity (Wildman–Crippen MR) is 104 cm³/mol. The number of rotatable bonds is 6. The number of pyridine rings is 1. The maximum absolute atomic E-state index is 12.8. The van der Waals surface area contributed by atoms with E-state index in [1.807, 2.05) is 60.9 Å². The molecule has 26 heavy (non-hydrogen) atoms. The monoisotopic (exact) mass is 367 g/mol. The molecule has 0 saturated heterocycles. The van der Waals surface area contributed by atoms with Crippen LogP contribution in [0.3, 0.4) is 0 Å². The van der Waals surface area contributed by atoms with Crippen molar-refractivity contribution in [1.29, 1.82) is 0 Å². The molecule has 0 spiro atoms. The molecule has 0 radical (unpaired) electrons. The summed E-state index contributed by atoms with van der Waals surface area (Å²) in [6, 6.07) is 13.4. The molecule has 0 fully saturated rings. The number of carbonyl (C=O) groups excluding carboxylic acids is 1. The molecular formula is C19H21N5OS. The zero-order chi connectivity index (χ0) is 18.5. The molecule has 6 nitrogen and oxygen atoms in total. The largest absolute Gasteiger partial charge is 0.315 e. The standard InChI is InChI=1S/C19H21N5OS/c1-4-24-17(15-10-12-20-13-11-15)21-22-19(24)26-14(2)18(25)23(3)16-8-6-5-7-9-16/h5-14H,4H2,1-3H3/t14-/m0/s1. The van der Waals surface area contributed by atoms with Crippen LogP contribution in [0, 0.1) is 0 Å². The van der Waals surface area contributed by atoms with Crippen LogP contribution >= 0.6 is 11.8 Å². The number of para-hydroxylation sites is 1. The fourth-order valence-corrected chi connectivity index (χ4v) is 3.64. The smallest absolute Gasteiger partial charge is 0.240 e. The number of amides is 1. The topological polar surface area (TPSA) is 63.9 Å². The molecule has 0 aliphatic heterocycles. The van der Waals surface area contributed by atoms with Gasteiger partial charge in [-0.3, -0.25) is 9.78 Å². The van der Waals surface area contributed by atoms with Crippen molar-refractivity contribution >= 4 is 23.4 Å². The van der Waals surface area contributed by atoms with E-state index in [-0.39, 0.29) is 11.2 Å². The van der Waals surface area contributed by atoms with Crippen molar-refractivity contribution in [3.8, 4) is 11.4 Å². The van der Waals surface area contributed by atoms with Crippen LogP contribution < -0.4 is 4.90 Å². The molecule has 2 aromatic heterocycles. The van der Waals surface area contributed by atoms with Gasteiger partial charge in [-0.1, -0.05) is 30.0 Å². The highest BCUT2D eigenvalue weighted by atomic mass is 32.2. The Morgan fingerprint density at radius 1 is 1.15 bits per heavy atom. The molecule has 0 aliphatic rings. The van der Waals surface area contributed by atoms with Gasteiger partial charge in [-0.15, -0.1) is 10.2 Å². The minimum absolute atomic E-state index is 0.0253. The van der Waals surface area contributed by atoms with Crippen molar-refractivity contribution in [2.45, 2.75) is 30.8 Å². The minimum Gasteiger partial charge on any atom is -0.315 e. The lowest BCUT2D eigenvalue weighted by atomic mass is 10.2. The lowest BCUT2D eigenvalue weighted by Crippen LogP contribution is -2.33. The van der Waals surface area contributed by atoms with Crippen molar-refractivity contribution < 1.29 is 4.79 Å². The van der Waals surface area contributed by atoms with Crippen LogP contribution in [0.25, 0.3) is 11.4 Å². The third-order valence-corrected chi connectivity index (χ3v) is 5.14. The van der Waals surface area contributed by atoms with Crippen LogP contribution in [0.1, 0.15) is 13.8 Å². The Kier molecular flexibility index (Phi) is 5.68. The summed E-state index contributed by atoms with van der Waals surface area (Å²) < 4.78 is 2.02. The van der Waals surface area contributed by atoms with Crippen molar-refractivity contribution in [1.82, 2.24) is 19.7 Å². The van der Waals surface area contributed by atoms with E-state index in [9.17, 15) is 4.79 Å². The van der Waals surface area contributed by atoms with E-state index < -0.39 is 0 Å². The van der Waals surface area contributed by atoms with Gasteiger partial charge >= 0.3 is 0 Å². The Morgan fingerprint density at radius 3 is 2.50 bits per heavy atom. The third kappa shape index (κ3) is 3.77. The zero-order valence-electron chi connectivity index (χ0n) is 15.0. The van der Waals surface area contributed by atoms with Crippen molar-refractivity contribution in [2.24, 2.45) is 0 Å². The molecule has 3 rings (SSSR count). The predicted octanol–water partition coefficient (Wildman–Crippen LogP) is 3.50. The molecule has 134 valence electrons. The number of hydrogen-bond donors (Lipinski definition) is 0. The van der Waals surface area contributed by atoms with Crippen molar-refractivity contribution in [2.75, 3.05) is 11.9 Å². The number of anilines is 1. The normalized spacial score (nSPS) is 12.0. The molecule has 0 N–H and O–H groups in total. The first-order valence-electron chi connectivity index (χ1n) is 8.44. The maximum atomic E-state index is 12.8. The van der Waals surface area contributed by atoms with E-state index in [0.29, 0.717) is 0 Å². The molecule has 1 atom stereocenters. The van der Waals surface area contributed by atoms with E-state index in [2.05, 4.69) is 15.2 Å². The van der Waals surface area contributed by atoms with E-state index in [1.165, 1.54) is 11.8 Å². The molecule has 7 heteroatoms. The highest BCUT2D eigenvalue weighted by Crippen LogP contribution is 2.28. The number of hydrogen-bond acceptors (Lipinski definition) is 5. The second kappa shape index (κ2) is 8.14. The lowest BCUT2D eigenvalue weighted by Gasteiger charge is -2.21. The molecule has 0 unspecified atom stereocenters. The van der Waals surface area contributed by atoms with Crippen LogP contribution in [0.15, 0.2) is 60.0 Å². The van der Waals surface area contributed by atoms with Gasteiger partial charge in [-0.05, 0) is 38.1 Å². The Balaban J connectivity index is 1.78. The summed E-state index contributed by atoms with van der Waals surface area (Å²) in [6.45, 7) is 4.66. The lowest BCUT2D eigenvalue weighted by molar-refractivity contribution is -0.117. The Bertz CT molecular complexity index is 866. The van der Waals surface area contributed by atoms with Crippen LogP contribution in [0.5, 0.6) is 0 Å². The molecule has 1 amide bonds. The van der Waals surface area contributed by atoms with Gasteiger partial charge in [0.25, 0.3) is 0 Å². The van der Waals surface area contributed by atoms with Gasteiger partial charge in [0.2, 0.25) is 5.91 Å². The molecule has 2 heterocycles. The van der Waals surface area contributed by atoms with Crippen molar-refractivity contribution in [3.63, 3.8) is 0 Å². The molecule has 0 saturated carbocycles. The van der Waals surface area contributed by atoms with Gasteiger partial charge in [0.15, 0.2) is 11.0 Å².